The van der Waals surface area contributed by atoms with Gasteiger partial charge in [-0.25, -0.2) is 4.79 Å². The van der Waals surface area contributed by atoms with Crippen LogP contribution in [0.3, 0.4) is 0 Å². The summed E-state index contributed by atoms with van der Waals surface area (Å²) >= 11 is 0.526. The van der Waals surface area contributed by atoms with E-state index in [9.17, 15) is 22.8 Å². The minimum Gasteiger partial charge on any atom is -0.478 e. The molecule has 0 aromatic carbocycles. The van der Waals surface area contributed by atoms with Crippen molar-refractivity contribution >= 4 is 28.4 Å². The lowest BCUT2D eigenvalue weighted by Crippen LogP contribution is -2.30. The van der Waals surface area contributed by atoms with E-state index in [1.54, 1.807) is 6.92 Å². The van der Waals surface area contributed by atoms with Crippen LogP contribution in [0.25, 0.3) is 0 Å². The van der Waals surface area contributed by atoms with E-state index in [-0.39, 0.29) is 11.3 Å². The van der Waals surface area contributed by atoms with Crippen molar-refractivity contribution in [2.45, 2.75) is 25.9 Å². The summed E-state index contributed by atoms with van der Waals surface area (Å²) in [6.07, 6.45) is -4.15. The predicted octanol–water partition coefficient (Wildman–Crippen LogP) is 2.29. The van der Waals surface area contributed by atoms with E-state index in [2.05, 4.69) is 4.37 Å². The highest BCUT2D eigenvalue weighted by Crippen LogP contribution is 2.28. The fourth-order valence-corrected chi connectivity index (χ4v) is 2.03. The van der Waals surface area contributed by atoms with Gasteiger partial charge >= 0.3 is 18.1 Å². The number of nitrogens with zero attached hydrogens (tertiary/aromatic N) is 1. The maximum Gasteiger partial charge on any atom is 0.471 e. The van der Waals surface area contributed by atoms with Crippen LogP contribution in [0.1, 0.15) is 29.4 Å². The molecule has 1 aromatic heterocycles. The van der Waals surface area contributed by atoms with E-state index in [4.69, 9.17) is 5.11 Å². The van der Waals surface area contributed by atoms with Gasteiger partial charge in [0.15, 0.2) is 0 Å². The second-order valence-corrected chi connectivity index (χ2v) is 4.11. The molecule has 1 amide bonds. The van der Waals surface area contributed by atoms with Crippen LogP contribution in [0.2, 0.25) is 0 Å². The standard InChI is InChI=1S/C9H9F3N2O3S/c1-2-3-4-5(7(15)16)6(18-14-4)13-8(17)9(10,11)12/h2-3H2,1H3,(H,13,17)(H,15,16). The zero-order valence-corrected chi connectivity index (χ0v) is 9.98. The number of halogens is 3. The average Bonchev–Trinajstić information content (AvgIpc) is 2.60. The molecule has 0 saturated carbocycles. The van der Waals surface area contributed by atoms with Crippen LogP contribution >= 0.6 is 11.5 Å². The summed E-state index contributed by atoms with van der Waals surface area (Å²) in [4.78, 5) is 21.7. The molecule has 5 nitrogen and oxygen atoms in total. The zero-order valence-electron chi connectivity index (χ0n) is 9.17. The Balaban J connectivity index is 3.03. The van der Waals surface area contributed by atoms with Gasteiger partial charge in [0.1, 0.15) is 10.6 Å². The minimum atomic E-state index is -5.06. The highest BCUT2D eigenvalue weighted by molar-refractivity contribution is 7.11. The fourth-order valence-electron chi connectivity index (χ4n) is 1.21. The molecule has 1 aromatic rings. The van der Waals surface area contributed by atoms with Crippen LogP contribution in [0.5, 0.6) is 0 Å². The molecule has 0 fully saturated rings. The number of anilines is 1. The molecule has 2 N–H and O–H groups in total. The summed E-state index contributed by atoms with van der Waals surface area (Å²) < 4.78 is 39.9. The highest BCUT2D eigenvalue weighted by atomic mass is 32.1. The molecule has 0 aliphatic carbocycles. The predicted molar refractivity (Wildman–Crippen MR) is 57.8 cm³/mol. The Morgan fingerprint density at radius 1 is 1.44 bits per heavy atom. The monoisotopic (exact) mass is 282 g/mol. The largest absolute Gasteiger partial charge is 0.478 e. The number of aryl methyl sites for hydroxylation is 1. The van der Waals surface area contributed by atoms with Crippen molar-refractivity contribution in [3.63, 3.8) is 0 Å². The minimum absolute atomic E-state index is 0.174. The number of nitrogens with one attached hydrogen (secondary N) is 1. The molecule has 18 heavy (non-hydrogen) atoms. The van der Waals surface area contributed by atoms with Crippen LogP contribution in [-0.4, -0.2) is 27.5 Å². The van der Waals surface area contributed by atoms with Crippen molar-refractivity contribution in [2.75, 3.05) is 5.32 Å². The summed E-state index contributed by atoms with van der Waals surface area (Å²) in [5.74, 6) is -3.62. The van der Waals surface area contributed by atoms with E-state index in [0.717, 1.165) is 0 Å². The first-order valence-electron chi connectivity index (χ1n) is 4.87. The first-order valence-corrected chi connectivity index (χ1v) is 5.64. The van der Waals surface area contributed by atoms with E-state index in [0.29, 0.717) is 24.4 Å². The van der Waals surface area contributed by atoms with Gasteiger partial charge in [0.25, 0.3) is 0 Å². The molecule has 1 heterocycles. The number of aromatic nitrogens is 1. The Bertz CT molecular complexity index is 470. The number of carbonyl (C=O) groups excluding carboxylic acids is 1. The molecule has 0 unspecified atom stereocenters. The number of alkyl halides is 3. The van der Waals surface area contributed by atoms with Crippen molar-refractivity contribution in [3.05, 3.63) is 11.3 Å². The van der Waals surface area contributed by atoms with Crippen LogP contribution < -0.4 is 5.32 Å². The van der Waals surface area contributed by atoms with Crippen LogP contribution in [0, 0.1) is 0 Å². The van der Waals surface area contributed by atoms with Crippen molar-refractivity contribution < 1.29 is 27.9 Å². The third-order valence-corrected chi connectivity index (χ3v) is 2.75. The van der Waals surface area contributed by atoms with Gasteiger partial charge in [0.2, 0.25) is 0 Å². The number of aromatic carboxylic acids is 1. The van der Waals surface area contributed by atoms with Crippen LogP contribution in [-0.2, 0) is 11.2 Å². The molecule has 1 rings (SSSR count). The van der Waals surface area contributed by atoms with Gasteiger partial charge in [0, 0.05) is 0 Å². The number of hydrogen-bond acceptors (Lipinski definition) is 4. The molecular weight excluding hydrogens is 273 g/mol. The van der Waals surface area contributed by atoms with Crippen molar-refractivity contribution in [3.8, 4) is 0 Å². The summed E-state index contributed by atoms with van der Waals surface area (Å²) in [6, 6.07) is 0. The van der Waals surface area contributed by atoms with Gasteiger partial charge in [-0.05, 0) is 18.0 Å². The van der Waals surface area contributed by atoms with Crippen molar-refractivity contribution in [1.29, 1.82) is 0 Å². The second-order valence-electron chi connectivity index (χ2n) is 3.34. The maximum absolute atomic E-state index is 12.0. The van der Waals surface area contributed by atoms with E-state index in [1.165, 1.54) is 5.32 Å². The van der Waals surface area contributed by atoms with E-state index in [1.807, 2.05) is 0 Å². The summed E-state index contributed by atoms with van der Waals surface area (Å²) in [7, 11) is 0. The Labute approximate surface area is 104 Å². The topological polar surface area (TPSA) is 79.3 Å². The van der Waals surface area contributed by atoms with Gasteiger partial charge in [0.05, 0.1) is 5.69 Å². The van der Waals surface area contributed by atoms with Crippen molar-refractivity contribution in [1.82, 2.24) is 4.37 Å². The van der Waals surface area contributed by atoms with E-state index < -0.39 is 23.1 Å². The number of hydrogen-bond donors (Lipinski definition) is 2. The Kier molecular flexibility index (Phi) is 4.28. The first kappa shape index (κ1) is 14.4. The molecule has 0 spiro atoms. The maximum atomic E-state index is 12.0. The highest BCUT2D eigenvalue weighted by Gasteiger charge is 2.39. The van der Waals surface area contributed by atoms with Gasteiger partial charge in [-0.1, -0.05) is 13.3 Å². The van der Waals surface area contributed by atoms with Gasteiger partial charge in [-0.15, -0.1) is 0 Å². The lowest BCUT2D eigenvalue weighted by atomic mass is 10.1. The lowest BCUT2D eigenvalue weighted by Gasteiger charge is -2.06. The smallest absolute Gasteiger partial charge is 0.471 e. The molecule has 100 valence electrons. The quantitative estimate of drug-likeness (QED) is 0.888. The van der Waals surface area contributed by atoms with Crippen LogP contribution in [0.4, 0.5) is 18.2 Å². The number of carboxylic acid groups (broad SMARTS) is 1. The molecule has 9 heteroatoms. The van der Waals surface area contributed by atoms with E-state index >= 15 is 0 Å². The second kappa shape index (κ2) is 5.34. The molecular formula is C9H9F3N2O3S. The number of carboxylic acids is 1. The normalized spacial score (nSPS) is 11.3. The third kappa shape index (κ3) is 3.19. The zero-order chi connectivity index (χ0) is 13.9. The Morgan fingerprint density at radius 3 is 2.50 bits per heavy atom. The average molecular weight is 282 g/mol. The molecule has 0 aliphatic heterocycles. The third-order valence-electron chi connectivity index (χ3n) is 1.95. The summed E-state index contributed by atoms with van der Waals surface area (Å²) in [6.45, 7) is 1.78. The number of carbonyl (C=O) groups is 2. The molecule has 0 radical (unpaired) electrons. The first-order chi connectivity index (χ1) is 8.27. The number of amides is 1. The lowest BCUT2D eigenvalue weighted by molar-refractivity contribution is -0.167. The summed E-state index contributed by atoms with van der Waals surface area (Å²) in [5, 5.41) is 10.0. The van der Waals surface area contributed by atoms with Gasteiger partial charge < -0.3 is 10.4 Å². The Hall–Kier alpha value is -1.64. The van der Waals surface area contributed by atoms with Gasteiger partial charge in [-0.2, -0.15) is 17.5 Å². The van der Waals surface area contributed by atoms with Crippen LogP contribution in [0.15, 0.2) is 0 Å². The summed E-state index contributed by atoms with van der Waals surface area (Å²) in [5.41, 5.74) is -0.202. The SMILES string of the molecule is CCCc1nsc(NC(=O)C(F)(F)F)c1C(=O)O. The molecule has 0 aliphatic rings. The number of rotatable bonds is 4. The van der Waals surface area contributed by atoms with Gasteiger partial charge in [-0.3, -0.25) is 4.79 Å². The van der Waals surface area contributed by atoms with Crippen molar-refractivity contribution in [2.24, 2.45) is 0 Å². The molecule has 0 saturated heterocycles. The Morgan fingerprint density at radius 2 is 2.06 bits per heavy atom. The molecule has 0 bridgehead atoms. The fraction of sp³-hybridized carbons (Fsp3) is 0.444. The molecule has 0 atom stereocenters.